The van der Waals surface area contributed by atoms with Crippen LogP contribution < -0.4 is 10.1 Å². The number of ether oxygens (including phenoxy) is 1. The van der Waals surface area contributed by atoms with E-state index in [-0.39, 0.29) is 11.0 Å². The molecule has 6 heteroatoms. The second-order valence-corrected chi connectivity index (χ2v) is 5.72. The molecule has 0 saturated heterocycles. The predicted octanol–water partition coefficient (Wildman–Crippen LogP) is 5.21. The number of fused-ring (bicyclic) bond motifs is 1. The first-order valence-corrected chi connectivity index (χ1v) is 8.05. The van der Waals surface area contributed by atoms with Crippen molar-refractivity contribution in [1.29, 1.82) is 0 Å². The summed E-state index contributed by atoms with van der Waals surface area (Å²) in [5.41, 5.74) is 1.32. The van der Waals surface area contributed by atoms with Crippen LogP contribution in [0.3, 0.4) is 0 Å². The largest absolute Gasteiger partial charge is 0.436 e. The number of benzene rings is 3. The highest BCUT2D eigenvalue weighted by molar-refractivity contribution is 6.32. The van der Waals surface area contributed by atoms with Crippen LogP contribution in [0.2, 0.25) is 5.15 Å². The molecule has 4 aromatic rings. The third kappa shape index (κ3) is 3.36. The standard InChI is InChI=1S/C19H13ClN4O/c20-18-17(21-15-8-2-1-3-9-15)19(23-24-22-18)25-16-11-10-13-6-4-5-7-14(13)12-16/h1-12H,(H,21,24). The minimum Gasteiger partial charge on any atom is -0.436 e. The lowest BCUT2D eigenvalue weighted by Crippen LogP contribution is -2.01. The first-order chi connectivity index (χ1) is 12.3. The zero-order valence-electron chi connectivity index (χ0n) is 13.1. The highest BCUT2D eigenvalue weighted by atomic mass is 35.5. The van der Waals surface area contributed by atoms with Crippen molar-refractivity contribution >= 4 is 33.7 Å². The molecule has 0 atom stereocenters. The summed E-state index contributed by atoms with van der Waals surface area (Å²) in [6, 6.07) is 23.5. The Morgan fingerprint density at radius 1 is 0.800 bits per heavy atom. The third-order valence-corrected chi connectivity index (χ3v) is 3.93. The number of rotatable bonds is 4. The van der Waals surface area contributed by atoms with Crippen LogP contribution in [0.5, 0.6) is 11.6 Å². The molecule has 0 saturated carbocycles. The normalized spacial score (nSPS) is 10.6. The minimum atomic E-state index is 0.189. The Hall–Kier alpha value is -3.18. The van der Waals surface area contributed by atoms with Gasteiger partial charge < -0.3 is 10.1 Å². The summed E-state index contributed by atoms with van der Waals surface area (Å²) < 4.78 is 5.91. The Morgan fingerprint density at radius 2 is 1.56 bits per heavy atom. The van der Waals surface area contributed by atoms with E-state index in [0.717, 1.165) is 16.5 Å². The molecule has 0 amide bonds. The van der Waals surface area contributed by atoms with Crippen LogP contribution in [0.25, 0.3) is 10.8 Å². The molecule has 0 unspecified atom stereocenters. The van der Waals surface area contributed by atoms with Gasteiger partial charge in [-0.25, -0.2) is 0 Å². The number of hydrogen-bond donors (Lipinski definition) is 1. The molecule has 1 aromatic heterocycles. The highest BCUT2D eigenvalue weighted by Crippen LogP contribution is 2.34. The smallest absolute Gasteiger partial charge is 0.267 e. The summed E-state index contributed by atoms with van der Waals surface area (Å²) in [6.45, 7) is 0. The lowest BCUT2D eigenvalue weighted by Gasteiger charge is -2.12. The minimum absolute atomic E-state index is 0.189. The van der Waals surface area contributed by atoms with Crippen molar-refractivity contribution in [2.75, 3.05) is 5.32 Å². The van der Waals surface area contributed by atoms with Crippen molar-refractivity contribution in [3.63, 3.8) is 0 Å². The van der Waals surface area contributed by atoms with Crippen LogP contribution in [-0.2, 0) is 0 Å². The lowest BCUT2D eigenvalue weighted by atomic mass is 10.1. The number of nitrogens with one attached hydrogen (secondary N) is 1. The van der Waals surface area contributed by atoms with Crippen molar-refractivity contribution in [3.8, 4) is 11.6 Å². The van der Waals surface area contributed by atoms with Crippen molar-refractivity contribution in [3.05, 3.63) is 77.9 Å². The number of aromatic nitrogens is 3. The Kier molecular flexibility index (Phi) is 4.14. The molecule has 0 aliphatic heterocycles. The monoisotopic (exact) mass is 348 g/mol. The summed E-state index contributed by atoms with van der Waals surface area (Å²) in [4.78, 5) is 0. The van der Waals surface area contributed by atoms with Crippen LogP contribution in [0.4, 0.5) is 11.4 Å². The maximum Gasteiger partial charge on any atom is 0.267 e. The molecular formula is C19H13ClN4O. The molecule has 0 radical (unpaired) electrons. The van der Waals surface area contributed by atoms with E-state index >= 15 is 0 Å². The summed E-state index contributed by atoms with van der Waals surface area (Å²) in [5, 5.41) is 17.0. The Morgan fingerprint density at radius 3 is 2.40 bits per heavy atom. The molecule has 0 bridgehead atoms. The molecule has 5 nitrogen and oxygen atoms in total. The van der Waals surface area contributed by atoms with E-state index in [1.807, 2.05) is 72.8 Å². The van der Waals surface area contributed by atoms with Crippen LogP contribution in [-0.4, -0.2) is 15.4 Å². The van der Waals surface area contributed by atoms with Gasteiger partial charge >= 0.3 is 0 Å². The van der Waals surface area contributed by atoms with Gasteiger partial charge in [0.2, 0.25) is 0 Å². The maximum atomic E-state index is 6.18. The van der Waals surface area contributed by atoms with E-state index in [0.29, 0.717) is 11.4 Å². The van der Waals surface area contributed by atoms with Crippen molar-refractivity contribution < 1.29 is 4.74 Å². The molecule has 0 aliphatic carbocycles. The zero-order chi connectivity index (χ0) is 17.1. The Balaban J connectivity index is 1.68. The summed E-state index contributed by atoms with van der Waals surface area (Å²) in [7, 11) is 0. The fraction of sp³-hybridized carbons (Fsp3) is 0. The SMILES string of the molecule is Clc1nnnc(Oc2ccc3ccccc3c2)c1Nc1ccccc1. The van der Waals surface area contributed by atoms with Crippen LogP contribution >= 0.6 is 11.6 Å². The molecule has 122 valence electrons. The van der Waals surface area contributed by atoms with Gasteiger partial charge in [-0.3, -0.25) is 0 Å². The average Bonchev–Trinajstić information content (AvgIpc) is 2.65. The van der Waals surface area contributed by atoms with Gasteiger partial charge in [0.1, 0.15) is 11.4 Å². The molecule has 4 rings (SSSR count). The third-order valence-electron chi connectivity index (χ3n) is 3.67. The van der Waals surface area contributed by atoms with Gasteiger partial charge in [0.15, 0.2) is 5.15 Å². The van der Waals surface area contributed by atoms with Crippen molar-refractivity contribution in [1.82, 2.24) is 15.4 Å². The molecular weight excluding hydrogens is 336 g/mol. The first kappa shape index (κ1) is 15.4. The van der Waals surface area contributed by atoms with Gasteiger partial charge in [-0.2, -0.15) is 0 Å². The van der Waals surface area contributed by atoms with Gasteiger partial charge in [0, 0.05) is 5.69 Å². The Bertz CT molecular complexity index is 1020. The van der Waals surface area contributed by atoms with Gasteiger partial charge in [-0.15, -0.1) is 5.10 Å². The molecule has 0 aliphatic rings. The second-order valence-electron chi connectivity index (χ2n) is 5.36. The Labute approximate surface area is 149 Å². The van der Waals surface area contributed by atoms with E-state index in [9.17, 15) is 0 Å². The fourth-order valence-corrected chi connectivity index (χ4v) is 2.64. The van der Waals surface area contributed by atoms with Gasteiger partial charge in [0.05, 0.1) is 0 Å². The quantitative estimate of drug-likeness (QED) is 0.548. The number of hydrogen-bond acceptors (Lipinski definition) is 5. The topological polar surface area (TPSA) is 59.9 Å². The van der Waals surface area contributed by atoms with E-state index in [1.54, 1.807) is 0 Å². The van der Waals surface area contributed by atoms with E-state index in [4.69, 9.17) is 16.3 Å². The second kappa shape index (κ2) is 6.75. The molecule has 0 spiro atoms. The number of nitrogens with zero attached hydrogens (tertiary/aromatic N) is 3. The number of para-hydroxylation sites is 1. The summed E-state index contributed by atoms with van der Waals surface area (Å²) in [6.07, 6.45) is 0. The summed E-state index contributed by atoms with van der Waals surface area (Å²) >= 11 is 6.18. The van der Waals surface area contributed by atoms with Gasteiger partial charge in [-0.1, -0.05) is 65.2 Å². The van der Waals surface area contributed by atoms with Crippen LogP contribution in [0.1, 0.15) is 0 Å². The maximum absolute atomic E-state index is 6.18. The molecule has 1 heterocycles. The number of anilines is 2. The summed E-state index contributed by atoms with van der Waals surface area (Å²) in [5.74, 6) is 0.908. The number of halogens is 1. The molecule has 0 fully saturated rings. The fourth-order valence-electron chi connectivity index (χ4n) is 2.48. The zero-order valence-corrected chi connectivity index (χ0v) is 13.8. The van der Waals surface area contributed by atoms with Gasteiger partial charge in [-0.05, 0) is 40.3 Å². The average molecular weight is 349 g/mol. The predicted molar refractivity (Wildman–Crippen MR) is 98.6 cm³/mol. The van der Waals surface area contributed by atoms with Crippen LogP contribution in [0.15, 0.2) is 72.8 Å². The van der Waals surface area contributed by atoms with Crippen molar-refractivity contribution in [2.24, 2.45) is 0 Å². The highest BCUT2D eigenvalue weighted by Gasteiger charge is 2.14. The van der Waals surface area contributed by atoms with E-state index in [2.05, 4.69) is 20.7 Å². The first-order valence-electron chi connectivity index (χ1n) is 7.67. The van der Waals surface area contributed by atoms with Gasteiger partial charge in [0.25, 0.3) is 5.88 Å². The van der Waals surface area contributed by atoms with Crippen molar-refractivity contribution in [2.45, 2.75) is 0 Å². The van der Waals surface area contributed by atoms with Crippen LogP contribution in [0, 0.1) is 0 Å². The van der Waals surface area contributed by atoms with E-state index < -0.39 is 0 Å². The molecule has 25 heavy (non-hydrogen) atoms. The lowest BCUT2D eigenvalue weighted by molar-refractivity contribution is 0.454. The molecule has 1 N–H and O–H groups in total. The molecule has 3 aromatic carbocycles. The van der Waals surface area contributed by atoms with E-state index in [1.165, 1.54) is 0 Å².